The van der Waals surface area contributed by atoms with Gasteiger partial charge in [0.25, 0.3) is 0 Å². The second-order valence-electron chi connectivity index (χ2n) is 6.22. The smallest absolute Gasteiger partial charge is 0.151 e. The van der Waals surface area contributed by atoms with Crippen molar-refractivity contribution in [1.29, 1.82) is 0 Å². The van der Waals surface area contributed by atoms with Crippen LogP contribution in [0.1, 0.15) is 24.5 Å². The first kappa shape index (κ1) is 15.9. The summed E-state index contributed by atoms with van der Waals surface area (Å²) >= 11 is 0. The summed E-state index contributed by atoms with van der Waals surface area (Å²) in [7, 11) is 2.07. The van der Waals surface area contributed by atoms with Gasteiger partial charge in [-0.15, -0.1) is 5.10 Å². The number of aromatic nitrogens is 2. The van der Waals surface area contributed by atoms with Gasteiger partial charge in [-0.2, -0.15) is 5.10 Å². The van der Waals surface area contributed by atoms with Gasteiger partial charge in [-0.1, -0.05) is 30.3 Å². The molecule has 0 amide bonds. The van der Waals surface area contributed by atoms with Crippen molar-refractivity contribution in [2.45, 2.75) is 25.0 Å². The Balaban J connectivity index is 1.58. The van der Waals surface area contributed by atoms with Crippen LogP contribution < -0.4 is 4.90 Å². The van der Waals surface area contributed by atoms with E-state index in [2.05, 4.69) is 27.0 Å². The summed E-state index contributed by atoms with van der Waals surface area (Å²) in [6, 6.07) is 14.2. The van der Waals surface area contributed by atoms with E-state index in [0.29, 0.717) is 12.6 Å². The third-order valence-corrected chi connectivity index (χ3v) is 4.42. The molecule has 0 bridgehead atoms. The molecule has 2 aromatic rings. The van der Waals surface area contributed by atoms with Crippen LogP contribution in [0.2, 0.25) is 0 Å². The zero-order valence-corrected chi connectivity index (χ0v) is 13.5. The van der Waals surface area contributed by atoms with E-state index in [1.165, 1.54) is 6.42 Å². The van der Waals surface area contributed by atoms with E-state index in [-0.39, 0.29) is 0 Å². The molecule has 1 aromatic carbocycles. The Morgan fingerprint density at radius 3 is 2.83 bits per heavy atom. The predicted molar refractivity (Wildman–Crippen MR) is 91.3 cm³/mol. The summed E-state index contributed by atoms with van der Waals surface area (Å²) in [6.07, 6.45) is 3.59. The molecular weight excluding hydrogens is 288 g/mol. The van der Waals surface area contributed by atoms with E-state index in [0.717, 1.165) is 30.9 Å². The number of aliphatic hydroxyl groups excluding tert-OH is 1. The molecule has 23 heavy (non-hydrogen) atoms. The molecule has 0 aliphatic carbocycles. The lowest BCUT2D eigenvalue weighted by atomic mass is 10.1. The first-order valence-corrected chi connectivity index (χ1v) is 8.20. The van der Waals surface area contributed by atoms with E-state index in [4.69, 9.17) is 0 Å². The third-order valence-electron chi connectivity index (χ3n) is 4.42. The van der Waals surface area contributed by atoms with Gasteiger partial charge in [0, 0.05) is 31.9 Å². The second kappa shape index (κ2) is 7.53. The monoisotopic (exact) mass is 312 g/mol. The summed E-state index contributed by atoms with van der Waals surface area (Å²) in [5.41, 5.74) is 0.969. The van der Waals surface area contributed by atoms with E-state index in [1.54, 1.807) is 6.20 Å². The molecule has 5 nitrogen and oxygen atoms in total. The van der Waals surface area contributed by atoms with Gasteiger partial charge in [-0.3, -0.25) is 0 Å². The van der Waals surface area contributed by atoms with Gasteiger partial charge < -0.3 is 14.9 Å². The summed E-state index contributed by atoms with van der Waals surface area (Å²) in [5.74, 6) is 0.951. The van der Waals surface area contributed by atoms with Crippen LogP contribution in [0.5, 0.6) is 0 Å². The summed E-state index contributed by atoms with van der Waals surface area (Å²) in [4.78, 5) is 4.54. The lowest BCUT2D eigenvalue weighted by molar-refractivity contribution is 0.124. The molecule has 0 radical (unpaired) electrons. The van der Waals surface area contributed by atoms with E-state index in [1.807, 2.05) is 42.5 Å². The van der Waals surface area contributed by atoms with Gasteiger partial charge in [0.05, 0.1) is 6.10 Å². The highest BCUT2D eigenvalue weighted by Gasteiger charge is 2.27. The number of nitrogens with zero attached hydrogens (tertiary/aromatic N) is 4. The minimum atomic E-state index is -0.451. The van der Waals surface area contributed by atoms with Crippen molar-refractivity contribution in [1.82, 2.24) is 15.1 Å². The molecule has 0 saturated carbocycles. The maximum absolute atomic E-state index is 10.4. The number of hydrogen-bond donors (Lipinski definition) is 1. The molecule has 1 aliphatic rings. The standard InChI is InChI=1S/C18H24N4O/c1-21(14-17(23)15-7-3-2-4-8-15)13-16-9-6-12-22(16)18-10-5-11-19-20-18/h2-5,7-8,10-11,16-17,23H,6,9,12-14H2,1H3. The second-order valence-corrected chi connectivity index (χ2v) is 6.22. The van der Waals surface area contributed by atoms with Crippen molar-refractivity contribution in [3.8, 4) is 0 Å². The van der Waals surface area contributed by atoms with Crippen LogP contribution in [0.3, 0.4) is 0 Å². The lowest BCUT2D eigenvalue weighted by Gasteiger charge is -2.30. The molecule has 2 unspecified atom stereocenters. The third kappa shape index (κ3) is 4.06. The lowest BCUT2D eigenvalue weighted by Crippen LogP contribution is -2.40. The van der Waals surface area contributed by atoms with Crippen molar-refractivity contribution in [2.75, 3.05) is 31.6 Å². The van der Waals surface area contributed by atoms with E-state index < -0.39 is 6.10 Å². The van der Waals surface area contributed by atoms with Crippen molar-refractivity contribution >= 4 is 5.82 Å². The largest absolute Gasteiger partial charge is 0.387 e. The van der Waals surface area contributed by atoms with Crippen molar-refractivity contribution in [3.63, 3.8) is 0 Å². The van der Waals surface area contributed by atoms with Gasteiger partial charge in [0.1, 0.15) is 0 Å². The van der Waals surface area contributed by atoms with Crippen molar-refractivity contribution < 1.29 is 5.11 Å². The van der Waals surface area contributed by atoms with E-state index in [9.17, 15) is 5.11 Å². The van der Waals surface area contributed by atoms with Gasteiger partial charge in [-0.05, 0) is 37.6 Å². The number of likely N-dealkylation sites (N-methyl/N-ethyl adjacent to an activating group) is 1. The predicted octanol–water partition coefficient (Wildman–Crippen LogP) is 2.11. The number of hydrogen-bond acceptors (Lipinski definition) is 5. The zero-order chi connectivity index (χ0) is 16.1. The van der Waals surface area contributed by atoms with E-state index >= 15 is 0 Å². The van der Waals surface area contributed by atoms with Gasteiger partial charge in [0.15, 0.2) is 5.82 Å². The highest BCUT2D eigenvalue weighted by molar-refractivity contribution is 5.39. The Kier molecular flexibility index (Phi) is 5.20. The molecule has 2 heterocycles. The quantitative estimate of drug-likeness (QED) is 0.885. The Morgan fingerprint density at radius 1 is 1.26 bits per heavy atom. The molecule has 122 valence electrons. The average Bonchev–Trinajstić information content (AvgIpc) is 3.04. The van der Waals surface area contributed by atoms with Crippen molar-refractivity contribution in [3.05, 3.63) is 54.2 Å². The molecule has 2 atom stereocenters. The Hall–Kier alpha value is -1.98. The first-order chi connectivity index (χ1) is 11.2. The molecule has 5 heteroatoms. The number of rotatable bonds is 6. The summed E-state index contributed by atoms with van der Waals surface area (Å²) < 4.78 is 0. The molecule has 1 aliphatic heterocycles. The van der Waals surface area contributed by atoms with Gasteiger partial charge in [0.2, 0.25) is 0 Å². The van der Waals surface area contributed by atoms with Crippen LogP contribution in [-0.2, 0) is 0 Å². The Morgan fingerprint density at radius 2 is 2.09 bits per heavy atom. The van der Waals surface area contributed by atoms with Gasteiger partial charge in [-0.25, -0.2) is 0 Å². The fourth-order valence-corrected chi connectivity index (χ4v) is 3.28. The minimum Gasteiger partial charge on any atom is -0.387 e. The fraction of sp³-hybridized carbons (Fsp3) is 0.444. The molecule has 3 rings (SSSR count). The summed E-state index contributed by atoms with van der Waals surface area (Å²) in [6.45, 7) is 2.58. The maximum atomic E-state index is 10.4. The Labute approximate surface area is 137 Å². The molecule has 1 N–H and O–H groups in total. The maximum Gasteiger partial charge on any atom is 0.151 e. The molecule has 1 fully saturated rings. The highest BCUT2D eigenvalue weighted by atomic mass is 16.3. The summed E-state index contributed by atoms with van der Waals surface area (Å²) in [5, 5.41) is 18.6. The average molecular weight is 312 g/mol. The first-order valence-electron chi connectivity index (χ1n) is 8.20. The number of aliphatic hydroxyl groups is 1. The zero-order valence-electron chi connectivity index (χ0n) is 13.5. The molecular formula is C18H24N4O. The number of benzene rings is 1. The number of anilines is 1. The van der Waals surface area contributed by atoms with Crippen LogP contribution >= 0.6 is 0 Å². The molecule has 1 aromatic heterocycles. The molecule has 1 saturated heterocycles. The normalized spacial score (nSPS) is 19.3. The van der Waals surface area contributed by atoms with Crippen LogP contribution in [0.15, 0.2) is 48.7 Å². The Bertz CT molecular complexity index is 592. The molecule has 0 spiro atoms. The van der Waals surface area contributed by atoms with Crippen LogP contribution in [0.4, 0.5) is 5.82 Å². The van der Waals surface area contributed by atoms with Crippen LogP contribution in [0, 0.1) is 0 Å². The fourth-order valence-electron chi connectivity index (χ4n) is 3.28. The van der Waals surface area contributed by atoms with Crippen LogP contribution in [-0.4, -0.2) is 52.9 Å². The highest BCUT2D eigenvalue weighted by Crippen LogP contribution is 2.24. The van der Waals surface area contributed by atoms with Crippen molar-refractivity contribution in [2.24, 2.45) is 0 Å². The van der Waals surface area contributed by atoms with Gasteiger partial charge >= 0.3 is 0 Å². The topological polar surface area (TPSA) is 52.5 Å². The van der Waals surface area contributed by atoms with Crippen LogP contribution in [0.25, 0.3) is 0 Å². The SMILES string of the molecule is CN(CC(O)c1ccccc1)CC1CCCN1c1cccnn1. The minimum absolute atomic E-state index is 0.430.